The molecule has 0 saturated carbocycles. The fraction of sp³-hybridized carbons (Fsp3) is 0.797. The molecule has 0 saturated heterocycles. The normalized spacial score (nSPS) is 12.4. The van der Waals surface area contributed by atoms with Gasteiger partial charge in [0.05, 0.1) is 0 Å². The van der Waals surface area contributed by atoms with Crippen LogP contribution in [0.2, 0.25) is 0 Å². The third-order valence-corrected chi connectivity index (χ3v) is 13.2. The summed E-state index contributed by atoms with van der Waals surface area (Å²) in [7, 11) is 0. The van der Waals surface area contributed by atoms with E-state index in [1.54, 1.807) is 0 Å². The molecule has 0 amide bonds. The van der Waals surface area contributed by atoms with Crippen LogP contribution in [-0.4, -0.2) is 37.2 Å². The monoisotopic (exact) mass is 979 g/mol. The third kappa shape index (κ3) is 56.0. The zero-order valence-corrected chi connectivity index (χ0v) is 46.5. The smallest absolute Gasteiger partial charge is 0.306 e. The molecule has 0 aliphatic heterocycles. The van der Waals surface area contributed by atoms with E-state index in [1.165, 1.54) is 173 Å². The minimum atomic E-state index is -0.779. The van der Waals surface area contributed by atoms with Gasteiger partial charge in [0.25, 0.3) is 0 Å². The Morgan fingerprint density at radius 1 is 0.286 bits per heavy atom. The number of hydrogen-bond donors (Lipinski definition) is 0. The lowest BCUT2D eigenvalue weighted by Gasteiger charge is -2.18. The first-order chi connectivity index (χ1) is 34.5. The highest BCUT2D eigenvalue weighted by Crippen LogP contribution is 2.16. The predicted octanol–water partition coefficient (Wildman–Crippen LogP) is 20.4. The Kier molecular flexibility index (Phi) is 56.3. The molecule has 0 bridgehead atoms. The molecular formula is C64H114O6. The van der Waals surface area contributed by atoms with E-state index in [0.717, 1.165) is 96.3 Å². The SMILES string of the molecule is CCCCC/C=C\C/C=C\CCCCCCCC(=O)OC(COC(=O)CCCCCCCCCCCC)COC(=O)CCCCCCCCCCCCCC/C=C\C/C=C\C/C=C\CCCCCCC. The summed E-state index contributed by atoms with van der Waals surface area (Å²) < 4.78 is 16.8. The quantitative estimate of drug-likeness (QED) is 0.0261. The molecule has 70 heavy (non-hydrogen) atoms. The fourth-order valence-corrected chi connectivity index (χ4v) is 8.66. The Bertz CT molecular complexity index is 1260. The highest BCUT2D eigenvalue weighted by Gasteiger charge is 2.19. The molecule has 6 nitrogen and oxygen atoms in total. The van der Waals surface area contributed by atoms with Crippen molar-refractivity contribution in [3.63, 3.8) is 0 Å². The first kappa shape index (κ1) is 67.1. The molecule has 0 aliphatic carbocycles. The van der Waals surface area contributed by atoms with Gasteiger partial charge in [0, 0.05) is 19.3 Å². The zero-order chi connectivity index (χ0) is 50.7. The summed E-state index contributed by atoms with van der Waals surface area (Å²) in [5.74, 6) is -0.883. The molecule has 0 aromatic heterocycles. The Morgan fingerprint density at radius 2 is 0.514 bits per heavy atom. The molecule has 1 unspecified atom stereocenters. The molecule has 0 heterocycles. The molecule has 0 rings (SSSR count). The summed E-state index contributed by atoms with van der Waals surface area (Å²) in [6, 6.07) is 0. The lowest BCUT2D eigenvalue weighted by Crippen LogP contribution is -2.30. The molecule has 0 N–H and O–H groups in total. The topological polar surface area (TPSA) is 78.9 Å². The van der Waals surface area contributed by atoms with Crippen molar-refractivity contribution in [2.45, 2.75) is 316 Å². The Hall–Kier alpha value is -2.89. The second-order valence-corrected chi connectivity index (χ2v) is 20.3. The van der Waals surface area contributed by atoms with Crippen LogP contribution in [0.3, 0.4) is 0 Å². The summed E-state index contributed by atoms with van der Waals surface area (Å²) in [5.41, 5.74) is 0. The van der Waals surface area contributed by atoms with Gasteiger partial charge in [-0.1, -0.05) is 261 Å². The van der Waals surface area contributed by atoms with E-state index in [9.17, 15) is 14.4 Å². The van der Waals surface area contributed by atoms with Crippen molar-refractivity contribution in [2.24, 2.45) is 0 Å². The van der Waals surface area contributed by atoms with Crippen molar-refractivity contribution in [3.05, 3.63) is 60.8 Å². The molecule has 0 aliphatic rings. The summed E-state index contributed by atoms with van der Waals surface area (Å²) in [6.07, 6.45) is 73.7. The van der Waals surface area contributed by atoms with E-state index in [1.807, 2.05) is 0 Å². The molecule has 0 radical (unpaired) electrons. The van der Waals surface area contributed by atoms with E-state index >= 15 is 0 Å². The Morgan fingerprint density at radius 3 is 0.829 bits per heavy atom. The average Bonchev–Trinajstić information content (AvgIpc) is 3.36. The molecule has 0 aromatic rings. The molecule has 0 aromatic carbocycles. The maximum Gasteiger partial charge on any atom is 0.306 e. The minimum absolute atomic E-state index is 0.0777. The van der Waals surface area contributed by atoms with Crippen LogP contribution in [0.5, 0.6) is 0 Å². The summed E-state index contributed by atoms with van der Waals surface area (Å²) >= 11 is 0. The molecule has 1 atom stereocenters. The first-order valence-corrected chi connectivity index (χ1v) is 30.3. The van der Waals surface area contributed by atoms with Gasteiger partial charge in [-0.2, -0.15) is 0 Å². The zero-order valence-electron chi connectivity index (χ0n) is 46.5. The van der Waals surface area contributed by atoms with Crippen molar-refractivity contribution in [1.29, 1.82) is 0 Å². The summed E-state index contributed by atoms with van der Waals surface area (Å²) in [6.45, 7) is 6.60. The highest BCUT2D eigenvalue weighted by molar-refractivity contribution is 5.71. The van der Waals surface area contributed by atoms with Crippen LogP contribution in [0.4, 0.5) is 0 Å². The summed E-state index contributed by atoms with van der Waals surface area (Å²) in [5, 5.41) is 0. The van der Waals surface area contributed by atoms with Gasteiger partial charge < -0.3 is 14.2 Å². The molecule has 406 valence electrons. The van der Waals surface area contributed by atoms with Crippen LogP contribution in [0.15, 0.2) is 60.8 Å². The van der Waals surface area contributed by atoms with Crippen LogP contribution in [-0.2, 0) is 28.6 Å². The van der Waals surface area contributed by atoms with E-state index in [0.29, 0.717) is 19.3 Å². The minimum Gasteiger partial charge on any atom is -0.462 e. The number of esters is 3. The molecule has 6 heteroatoms. The lowest BCUT2D eigenvalue weighted by molar-refractivity contribution is -0.167. The van der Waals surface area contributed by atoms with Crippen molar-refractivity contribution in [3.8, 4) is 0 Å². The largest absolute Gasteiger partial charge is 0.462 e. The second kappa shape index (κ2) is 58.7. The third-order valence-electron chi connectivity index (χ3n) is 13.2. The van der Waals surface area contributed by atoms with E-state index in [2.05, 4.69) is 81.5 Å². The molecular weight excluding hydrogens is 865 g/mol. The fourth-order valence-electron chi connectivity index (χ4n) is 8.66. The van der Waals surface area contributed by atoms with Crippen LogP contribution >= 0.6 is 0 Å². The second-order valence-electron chi connectivity index (χ2n) is 20.3. The van der Waals surface area contributed by atoms with Gasteiger partial charge in [0.15, 0.2) is 6.10 Å². The standard InChI is InChI=1S/C64H114O6/c1-4-7-10-13-16-19-22-24-26-27-28-29-30-31-32-33-34-35-36-37-39-40-42-45-48-51-54-57-63(66)69-60-61(59-68-62(65)56-53-50-47-44-21-18-15-12-9-6-3)70-64(67)58-55-52-49-46-43-41-38-25-23-20-17-14-11-8-5-2/h17,20,22,24-25,27-28,30-31,38,61H,4-16,18-19,21,23,26,29,32-37,39-60H2,1-3H3/b20-17-,24-22-,28-27-,31-30-,38-25-. The first-order valence-electron chi connectivity index (χ1n) is 30.3. The highest BCUT2D eigenvalue weighted by atomic mass is 16.6. The number of allylic oxidation sites excluding steroid dienone is 10. The molecule has 0 fully saturated rings. The maximum absolute atomic E-state index is 12.8. The average molecular weight is 980 g/mol. The van der Waals surface area contributed by atoms with E-state index < -0.39 is 6.10 Å². The number of carbonyl (C=O) groups is 3. The van der Waals surface area contributed by atoms with E-state index in [4.69, 9.17) is 14.2 Å². The van der Waals surface area contributed by atoms with Crippen LogP contribution in [0.25, 0.3) is 0 Å². The Labute approximate surface area is 434 Å². The van der Waals surface area contributed by atoms with Gasteiger partial charge in [-0.15, -0.1) is 0 Å². The number of unbranched alkanes of at least 4 members (excludes halogenated alkanes) is 34. The van der Waals surface area contributed by atoms with Crippen LogP contribution in [0, 0.1) is 0 Å². The number of rotatable bonds is 55. The van der Waals surface area contributed by atoms with E-state index in [-0.39, 0.29) is 31.1 Å². The maximum atomic E-state index is 12.8. The number of hydrogen-bond acceptors (Lipinski definition) is 6. The van der Waals surface area contributed by atoms with Gasteiger partial charge in [-0.25, -0.2) is 0 Å². The van der Waals surface area contributed by atoms with Crippen molar-refractivity contribution in [1.82, 2.24) is 0 Å². The molecule has 0 spiro atoms. The van der Waals surface area contributed by atoms with Crippen LogP contribution in [0.1, 0.15) is 310 Å². The van der Waals surface area contributed by atoms with Crippen molar-refractivity contribution in [2.75, 3.05) is 13.2 Å². The number of carbonyl (C=O) groups excluding carboxylic acids is 3. The van der Waals surface area contributed by atoms with Gasteiger partial charge >= 0.3 is 17.9 Å². The van der Waals surface area contributed by atoms with Crippen LogP contribution < -0.4 is 0 Å². The lowest BCUT2D eigenvalue weighted by atomic mass is 10.0. The van der Waals surface area contributed by atoms with Gasteiger partial charge in [-0.05, 0) is 89.9 Å². The van der Waals surface area contributed by atoms with Gasteiger partial charge in [0.1, 0.15) is 13.2 Å². The van der Waals surface area contributed by atoms with Crippen molar-refractivity contribution < 1.29 is 28.6 Å². The summed E-state index contributed by atoms with van der Waals surface area (Å²) in [4.78, 5) is 38.1. The Balaban J connectivity index is 4.20. The van der Waals surface area contributed by atoms with Gasteiger partial charge in [0.2, 0.25) is 0 Å². The van der Waals surface area contributed by atoms with Crippen molar-refractivity contribution >= 4 is 17.9 Å². The number of ether oxygens (including phenoxy) is 3. The van der Waals surface area contributed by atoms with Gasteiger partial charge in [-0.3, -0.25) is 14.4 Å². The predicted molar refractivity (Wildman–Crippen MR) is 302 cm³/mol.